The molecule has 4 aromatic rings. The van der Waals surface area contributed by atoms with Crippen LogP contribution < -0.4 is 21.0 Å². The SMILES string of the molecule is C=CC(=O)Nc1cccc(-n2ccc(=O)c3cnc(Nc4ccc(N5CCN(C)CC5)cn4)nc32)c1. The molecule has 0 saturated carbocycles. The molecule has 0 bridgehead atoms. The number of likely N-dealkylation sites (N-methyl/N-ethyl adjacent to an activating group) is 1. The van der Waals surface area contributed by atoms with E-state index in [1.165, 1.54) is 18.3 Å². The molecule has 0 atom stereocenters. The molecule has 1 saturated heterocycles. The van der Waals surface area contributed by atoms with Crippen LogP contribution in [0.3, 0.4) is 0 Å². The van der Waals surface area contributed by atoms with Gasteiger partial charge in [-0.3, -0.25) is 9.59 Å². The van der Waals surface area contributed by atoms with E-state index in [0.717, 1.165) is 37.6 Å². The van der Waals surface area contributed by atoms with E-state index in [9.17, 15) is 9.59 Å². The first kappa shape index (κ1) is 23.2. The van der Waals surface area contributed by atoms with Crippen molar-refractivity contribution >= 4 is 40.1 Å². The number of piperazine rings is 1. The van der Waals surface area contributed by atoms with Gasteiger partial charge in [-0.2, -0.15) is 4.98 Å². The zero-order valence-corrected chi connectivity index (χ0v) is 19.9. The Kier molecular flexibility index (Phi) is 6.42. The summed E-state index contributed by atoms with van der Waals surface area (Å²) in [6.45, 7) is 7.46. The second-order valence-electron chi connectivity index (χ2n) is 8.54. The summed E-state index contributed by atoms with van der Waals surface area (Å²) in [6.07, 6.45) is 6.20. The Bertz CT molecular complexity index is 1470. The molecule has 5 rings (SSSR count). The average molecular weight is 483 g/mol. The Balaban J connectivity index is 1.43. The molecule has 0 spiro atoms. The van der Waals surface area contributed by atoms with Gasteiger partial charge in [0, 0.05) is 56.0 Å². The number of nitrogens with zero attached hydrogens (tertiary/aromatic N) is 6. The van der Waals surface area contributed by atoms with Crippen LogP contribution in [0.15, 0.2) is 78.5 Å². The Labute approximate surface area is 207 Å². The third-order valence-electron chi connectivity index (χ3n) is 6.07. The minimum absolute atomic E-state index is 0.182. The number of pyridine rings is 2. The lowest BCUT2D eigenvalue weighted by molar-refractivity contribution is -0.111. The molecule has 0 radical (unpaired) electrons. The largest absolute Gasteiger partial charge is 0.368 e. The lowest BCUT2D eigenvalue weighted by atomic mass is 10.2. The molecule has 2 N–H and O–H groups in total. The standard InChI is InChI=1S/C26H26N8O2/c1-3-24(36)29-18-5-4-6-19(15-18)34-10-9-22(35)21-17-28-26(31-25(21)34)30-23-8-7-20(16-27-23)33-13-11-32(2)12-14-33/h3-10,15-17H,1,11-14H2,2H3,(H,29,36)(H,27,28,30,31). The van der Waals surface area contributed by atoms with Gasteiger partial charge in [0.05, 0.1) is 17.3 Å². The van der Waals surface area contributed by atoms with Gasteiger partial charge < -0.3 is 25.0 Å². The number of amides is 1. The van der Waals surface area contributed by atoms with E-state index in [1.807, 2.05) is 30.5 Å². The number of benzene rings is 1. The van der Waals surface area contributed by atoms with Gasteiger partial charge in [0.2, 0.25) is 11.9 Å². The van der Waals surface area contributed by atoms with Crippen molar-refractivity contribution in [1.82, 2.24) is 24.4 Å². The lowest BCUT2D eigenvalue weighted by Gasteiger charge is -2.33. The molecule has 1 aliphatic rings. The molecule has 10 nitrogen and oxygen atoms in total. The third kappa shape index (κ3) is 4.93. The molecule has 10 heteroatoms. The number of aromatic nitrogens is 4. The van der Waals surface area contributed by atoms with Crippen LogP contribution in [0.2, 0.25) is 0 Å². The molecule has 36 heavy (non-hydrogen) atoms. The van der Waals surface area contributed by atoms with Crippen LogP contribution >= 0.6 is 0 Å². The molecular weight excluding hydrogens is 456 g/mol. The smallest absolute Gasteiger partial charge is 0.247 e. The predicted octanol–water partition coefficient (Wildman–Crippen LogP) is 2.80. The van der Waals surface area contributed by atoms with Gasteiger partial charge in [-0.05, 0) is 43.5 Å². The maximum Gasteiger partial charge on any atom is 0.247 e. The van der Waals surface area contributed by atoms with Crippen LogP contribution in [0, 0.1) is 0 Å². The van der Waals surface area contributed by atoms with Crippen LogP contribution in [-0.2, 0) is 4.79 Å². The van der Waals surface area contributed by atoms with E-state index in [2.05, 4.69) is 49.0 Å². The fourth-order valence-electron chi connectivity index (χ4n) is 4.05. The van der Waals surface area contributed by atoms with Crippen molar-refractivity contribution in [2.45, 2.75) is 0 Å². The molecule has 1 aromatic carbocycles. The molecule has 0 unspecified atom stereocenters. The van der Waals surface area contributed by atoms with E-state index >= 15 is 0 Å². The van der Waals surface area contributed by atoms with Crippen molar-refractivity contribution in [2.24, 2.45) is 0 Å². The van der Waals surface area contributed by atoms with Gasteiger partial charge in [0.25, 0.3) is 0 Å². The quantitative estimate of drug-likeness (QED) is 0.404. The highest BCUT2D eigenvalue weighted by Gasteiger charge is 2.15. The molecule has 1 amide bonds. The number of fused-ring (bicyclic) bond motifs is 1. The summed E-state index contributed by atoms with van der Waals surface area (Å²) in [5.41, 5.74) is 2.65. The monoisotopic (exact) mass is 482 g/mol. The van der Waals surface area contributed by atoms with E-state index < -0.39 is 0 Å². The van der Waals surface area contributed by atoms with Gasteiger partial charge in [-0.25, -0.2) is 9.97 Å². The first-order valence-electron chi connectivity index (χ1n) is 11.6. The highest BCUT2D eigenvalue weighted by Crippen LogP contribution is 2.21. The highest BCUT2D eigenvalue weighted by molar-refractivity contribution is 5.99. The van der Waals surface area contributed by atoms with Crippen molar-refractivity contribution in [3.05, 3.63) is 83.9 Å². The van der Waals surface area contributed by atoms with Gasteiger partial charge in [0.1, 0.15) is 5.82 Å². The average Bonchev–Trinajstić information content (AvgIpc) is 2.90. The van der Waals surface area contributed by atoms with E-state index in [-0.39, 0.29) is 11.3 Å². The number of carbonyl (C=O) groups excluding carboxylic acids is 1. The number of carbonyl (C=O) groups is 1. The van der Waals surface area contributed by atoms with E-state index in [0.29, 0.717) is 28.5 Å². The van der Waals surface area contributed by atoms with Crippen LogP contribution in [0.5, 0.6) is 0 Å². The molecule has 3 aromatic heterocycles. The summed E-state index contributed by atoms with van der Waals surface area (Å²) in [5, 5.41) is 6.25. The molecule has 0 aliphatic carbocycles. The van der Waals surface area contributed by atoms with Gasteiger partial charge >= 0.3 is 0 Å². The molecule has 1 aliphatic heterocycles. The Hall–Kier alpha value is -4.57. The topological polar surface area (TPSA) is 108 Å². The summed E-state index contributed by atoms with van der Waals surface area (Å²) in [7, 11) is 2.13. The molecule has 4 heterocycles. The Morgan fingerprint density at radius 3 is 2.61 bits per heavy atom. The van der Waals surface area contributed by atoms with Gasteiger partial charge in [-0.1, -0.05) is 12.6 Å². The van der Waals surface area contributed by atoms with Crippen molar-refractivity contribution in [1.29, 1.82) is 0 Å². The normalized spacial score (nSPS) is 14.0. The molecular formula is C26H26N8O2. The van der Waals surface area contributed by atoms with Crippen LogP contribution in [-0.4, -0.2) is 63.6 Å². The summed E-state index contributed by atoms with van der Waals surface area (Å²) in [4.78, 5) is 42.3. The zero-order valence-electron chi connectivity index (χ0n) is 19.9. The number of nitrogens with one attached hydrogen (secondary N) is 2. The first-order valence-corrected chi connectivity index (χ1v) is 11.6. The molecule has 182 valence electrons. The van der Waals surface area contributed by atoms with E-state index in [4.69, 9.17) is 0 Å². The second kappa shape index (κ2) is 9.96. The van der Waals surface area contributed by atoms with Crippen molar-refractivity contribution < 1.29 is 4.79 Å². The number of hydrogen-bond donors (Lipinski definition) is 2. The minimum Gasteiger partial charge on any atom is -0.368 e. The maximum absolute atomic E-state index is 12.5. The number of rotatable bonds is 6. The van der Waals surface area contributed by atoms with Gasteiger partial charge in [0.15, 0.2) is 11.1 Å². The fourth-order valence-corrected chi connectivity index (χ4v) is 4.05. The number of hydrogen-bond acceptors (Lipinski definition) is 8. The predicted molar refractivity (Wildman–Crippen MR) is 141 cm³/mol. The Morgan fingerprint density at radius 1 is 1.03 bits per heavy atom. The fraction of sp³-hybridized carbons (Fsp3) is 0.192. The van der Waals surface area contributed by atoms with Gasteiger partial charge in [-0.15, -0.1) is 0 Å². The second-order valence-corrected chi connectivity index (χ2v) is 8.54. The van der Waals surface area contributed by atoms with Crippen molar-refractivity contribution in [3.63, 3.8) is 0 Å². The lowest BCUT2D eigenvalue weighted by Crippen LogP contribution is -2.44. The maximum atomic E-state index is 12.5. The number of anilines is 4. The summed E-state index contributed by atoms with van der Waals surface area (Å²) in [6, 6.07) is 12.6. The summed E-state index contributed by atoms with van der Waals surface area (Å²) < 4.78 is 1.77. The Morgan fingerprint density at radius 2 is 1.86 bits per heavy atom. The summed E-state index contributed by atoms with van der Waals surface area (Å²) in [5.74, 6) is 0.612. The van der Waals surface area contributed by atoms with Crippen molar-refractivity contribution in [3.8, 4) is 5.69 Å². The zero-order chi connectivity index (χ0) is 25.1. The molecule has 1 fully saturated rings. The summed E-state index contributed by atoms with van der Waals surface area (Å²) >= 11 is 0. The van der Waals surface area contributed by atoms with Crippen molar-refractivity contribution in [2.75, 3.05) is 48.8 Å². The van der Waals surface area contributed by atoms with Crippen LogP contribution in [0.1, 0.15) is 0 Å². The first-order chi connectivity index (χ1) is 17.5. The minimum atomic E-state index is -0.308. The van der Waals surface area contributed by atoms with Crippen LogP contribution in [0.4, 0.5) is 23.1 Å². The van der Waals surface area contributed by atoms with E-state index in [1.54, 1.807) is 22.9 Å². The highest BCUT2D eigenvalue weighted by atomic mass is 16.1. The van der Waals surface area contributed by atoms with Crippen LogP contribution in [0.25, 0.3) is 16.7 Å². The third-order valence-corrected chi connectivity index (χ3v) is 6.07.